The molecule has 0 aromatic heterocycles. The van der Waals surface area contributed by atoms with Crippen LogP contribution >= 0.6 is 23.0 Å². The molecule has 0 unspecified atom stereocenters. The molecule has 1 heterocycles. The molecule has 26 heavy (non-hydrogen) atoms. The highest BCUT2D eigenvalue weighted by atomic mass is 127. The van der Waals surface area contributed by atoms with Gasteiger partial charge in [0.05, 0.1) is 29.6 Å². The normalized spacial score (nSPS) is 22.9. The summed E-state index contributed by atoms with van der Waals surface area (Å²) in [7, 11) is 1.76. The SMILES string of the molecule is COC1CC(OC2CCN(c3cc(C#CCOI)ccc3C#N)CC2)C1. The van der Waals surface area contributed by atoms with E-state index < -0.39 is 0 Å². The van der Waals surface area contributed by atoms with E-state index in [0.717, 1.165) is 50.0 Å². The van der Waals surface area contributed by atoms with Gasteiger partial charge in [-0.15, -0.1) is 0 Å². The number of ether oxygens (including phenoxy) is 2. The van der Waals surface area contributed by atoms with Crippen molar-refractivity contribution in [1.29, 1.82) is 5.26 Å². The van der Waals surface area contributed by atoms with Gasteiger partial charge in [0.1, 0.15) is 35.7 Å². The molecule has 1 aromatic rings. The van der Waals surface area contributed by atoms with Gasteiger partial charge in [-0.2, -0.15) is 5.26 Å². The first-order valence-corrected chi connectivity index (χ1v) is 9.81. The molecule has 0 spiro atoms. The minimum Gasteiger partial charge on any atom is -0.381 e. The Bertz CT molecular complexity index is 708. The summed E-state index contributed by atoms with van der Waals surface area (Å²) in [5, 5.41) is 9.44. The van der Waals surface area contributed by atoms with E-state index in [1.165, 1.54) is 0 Å². The van der Waals surface area contributed by atoms with Gasteiger partial charge in [0, 0.05) is 25.8 Å². The summed E-state index contributed by atoms with van der Waals surface area (Å²) in [5.41, 5.74) is 2.57. The first-order chi connectivity index (χ1) is 12.7. The molecule has 1 aliphatic carbocycles. The molecule has 5 nitrogen and oxygen atoms in total. The smallest absolute Gasteiger partial charge is 0.120 e. The van der Waals surface area contributed by atoms with Gasteiger partial charge in [0.25, 0.3) is 0 Å². The molecule has 6 heteroatoms. The first kappa shape index (κ1) is 19.4. The molecule has 3 rings (SSSR count). The second-order valence-corrected chi connectivity index (χ2v) is 7.30. The minimum absolute atomic E-state index is 0.309. The van der Waals surface area contributed by atoms with Crippen LogP contribution in [0, 0.1) is 23.2 Å². The van der Waals surface area contributed by atoms with Crippen LogP contribution in [0.4, 0.5) is 5.69 Å². The highest BCUT2D eigenvalue weighted by Gasteiger charge is 2.33. The molecule has 0 atom stereocenters. The van der Waals surface area contributed by atoms with Gasteiger partial charge >= 0.3 is 0 Å². The maximum Gasteiger partial charge on any atom is 0.120 e. The van der Waals surface area contributed by atoms with Crippen molar-refractivity contribution in [3.05, 3.63) is 29.3 Å². The van der Waals surface area contributed by atoms with Crippen LogP contribution in [0.25, 0.3) is 0 Å². The van der Waals surface area contributed by atoms with E-state index in [2.05, 4.69) is 22.8 Å². The third kappa shape index (κ3) is 4.89. The number of anilines is 1. The third-order valence-electron chi connectivity index (χ3n) is 5.03. The lowest BCUT2D eigenvalue weighted by molar-refractivity contribution is -0.119. The molecule has 0 radical (unpaired) electrons. The zero-order chi connectivity index (χ0) is 18.4. The van der Waals surface area contributed by atoms with Gasteiger partial charge < -0.3 is 17.4 Å². The lowest BCUT2D eigenvalue weighted by Gasteiger charge is -2.40. The summed E-state index contributed by atoms with van der Waals surface area (Å²) >= 11 is 1.83. The van der Waals surface area contributed by atoms with Crippen LogP contribution in [-0.2, 0) is 12.5 Å². The van der Waals surface area contributed by atoms with Crippen molar-refractivity contribution in [2.24, 2.45) is 0 Å². The molecule has 2 fully saturated rings. The van der Waals surface area contributed by atoms with Crippen LogP contribution < -0.4 is 4.90 Å². The zero-order valence-electron chi connectivity index (χ0n) is 14.9. The number of nitrogens with zero attached hydrogens (tertiary/aromatic N) is 2. The van der Waals surface area contributed by atoms with Crippen LogP contribution in [0.1, 0.15) is 36.8 Å². The van der Waals surface area contributed by atoms with Crippen LogP contribution in [0.3, 0.4) is 0 Å². The molecule has 138 valence electrons. The molecular weight excluding hydrogens is 443 g/mol. The Kier molecular flexibility index (Phi) is 7.15. The summed E-state index contributed by atoms with van der Waals surface area (Å²) in [5.74, 6) is 6.04. The van der Waals surface area contributed by atoms with Gasteiger partial charge in [0.15, 0.2) is 0 Å². The van der Waals surface area contributed by atoms with E-state index in [1.807, 2.05) is 41.2 Å². The fourth-order valence-electron chi connectivity index (χ4n) is 3.46. The van der Waals surface area contributed by atoms with Crippen molar-refractivity contribution >= 4 is 28.7 Å². The summed E-state index contributed by atoms with van der Waals surface area (Å²) < 4.78 is 16.4. The average molecular weight is 466 g/mol. The molecule has 2 aliphatic rings. The molecule has 1 saturated heterocycles. The topological polar surface area (TPSA) is 54.7 Å². The van der Waals surface area contributed by atoms with E-state index in [-0.39, 0.29) is 0 Å². The number of nitriles is 1. The van der Waals surface area contributed by atoms with E-state index in [4.69, 9.17) is 12.5 Å². The number of piperidine rings is 1. The van der Waals surface area contributed by atoms with Crippen molar-refractivity contribution in [2.45, 2.75) is 44.0 Å². The summed E-state index contributed by atoms with van der Waals surface area (Å²) in [4.78, 5) is 2.27. The van der Waals surface area contributed by atoms with E-state index in [0.29, 0.717) is 30.5 Å². The second kappa shape index (κ2) is 9.57. The van der Waals surface area contributed by atoms with Crippen LogP contribution in [0.5, 0.6) is 0 Å². The molecule has 1 saturated carbocycles. The summed E-state index contributed by atoms with van der Waals surface area (Å²) in [6, 6.07) is 8.05. The Labute approximate surface area is 169 Å². The number of methoxy groups -OCH3 is 1. The fraction of sp³-hybridized carbons (Fsp3) is 0.550. The Morgan fingerprint density at radius 1 is 1.19 bits per heavy atom. The van der Waals surface area contributed by atoms with Gasteiger partial charge in [-0.25, -0.2) is 0 Å². The van der Waals surface area contributed by atoms with Gasteiger partial charge in [-0.3, -0.25) is 0 Å². The maximum absolute atomic E-state index is 9.44. The van der Waals surface area contributed by atoms with Crippen molar-refractivity contribution in [2.75, 3.05) is 31.7 Å². The lowest BCUT2D eigenvalue weighted by Crippen LogP contribution is -2.43. The Balaban J connectivity index is 1.59. The second-order valence-electron chi connectivity index (χ2n) is 6.67. The molecular formula is C20H23IN2O3. The Hall–Kier alpha value is -1.32. The largest absolute Gasteiger partial charge is 0.381 e. The predicted octanol–water partition coefficient (Wildman–Crippen LogP) is 3.44. The molecule has 0 N–H and O–H groups in total. The highest BCUT2D eigenvalue weighted by molar-refractivity contribution is 14.1. The van der Waals surface area contributed by atoms with E-state index in [9.17, 15) is 5.26 Å². The van der Waals surface area contributed by atoms with Crippen molar-refractivity contribution in [3.8, 4) is 17.9 Å². The maximum atomic E-state index is 9.44. The standard InChI is InChI=1S/C20H23IN2O3/c1-24-18-12-19(13-18)26-17-6-8-23(9-7-17)20-11-15(3-2-10-25-21)4-5-16(20)14-22/h4-5,11,17-19H,6-10,12-13H2,1H3. The first-order valence-electron chi connectivity index (χ1n) is 8.93. The quantitative estimate of drug-likeness (QED) is 0.492. The van der Waals surface area contributed by atoms with Crippen molar-refractivity contribution in [1.82, 2.24) is 0 Å². The average Bonchev–Trinajstić information content (AvgIpc) is 2.65. The summed E-state index contributed by atoms with van der Waals surface area (Å²) in [6.07, 6.45) is 5.02. The number of halogens is 1. The van der Waals surface area contributed by atoms with Crippen molar-refractivity contribution < 1.29 is 12.5 Å². The molecule has 0 bridgehead atoms. The van der Waals surface area contributed by atoms with Gasteiger partial charge in [-0.05, 0) is 43.9 Å². The predicted molar refractivity (Wildman–Crippen MR) is 108 cm³/mol. The Morgan fingerprint density at radius 2 is 1.96 bits per heavy atom. The fourth-order valence-corrected chi connectivity index (χ4v) is 3.61. The summed E-state index contributed by atoms with van der Waals surface area (Å²) in [6.45, 7) is 2.19. The molecule has 0 amide bonds. The minimum atomic E-state index is 0.309. The van der Waals surface area contributed by atoms with Crippen LogP contribution in [0.2, 0.25) is 0 Å². The number of hydrogen-bond acceptors (Lipinski definition) is 5. The number of hydrogen-bond donors (Lipinski definition) is 0. The third-order valence-corrected chi connectivity index (χ3v) is 5.34. The number of benzene rings is 1. The number of rotatable bonds is 5. The van der Waals surface area contributed by atoms with Crippen LogP contribution in [0.15, 0.2) is 18.2 Å². The highest BCUT2D eigenvalue weighted by Crippen LogP contribution is 2.31. The van der Waals surface area contributed by atoms with Crippen molar-refractivity contribution in [3.63, 3.8) is 0 Å². The van der Waals surface area contributed by atoms with Gasteiger partial charge in [0.2, 0.25) is 0 Å². The monoisotopic (exact) mass is 466 g/mol. The zero-order valence-corrected chi connectivity index (χ0v) is 17.1. The molecule has 1 aliphatic heterocycles. The lowest BCUT2D eigenvalue weighted by atomic mass is 9.91. The Morgan fingerprint density at radius 3 is 2.62 bits per heavy atom. The van der Waals surface area contributed by atoms with E-state index in [1.54, 1.807) is 7.11 Å². The van der Waals surface area contributed by atoms with Crippen LogP contribution in [-0.4, -0.2) is 45.1 Å². The van der Waals surface area contributed by atoms with E-state index >= 15 is 0 Å². The molecule has 1 aromatic carbocycles. The van der Waals surface area contributed by atoms with Gasteiger partial charge in [-0.1, -0.05) is 11.8 Å².